The summed E-state index contributed by atoms with van der Waals surface area (Å²) in [5.74, 6) is -0.652. The Kier molecular flexibility index (Phi) is 3.49. The Morgan fingerprint density at radius 3 is 2.83 bits per heavy atom. The summed E-state index contributed by atoms with van der Waals surface area (Å²) in [5.41, 5.74) is 6.04. The van der Waals surface area contributed by atoms with Crippen LogP contribution in [0.15, 0.2) is 6.07 Å². The van der Waals surface area contributed by atoms with Crippen LogP contribution in [-0.4, -0.2) is 29.4 Å². The molecule has 0 saturated heterocycles. The van der Waals surface area contributed by atoms with Crippen LogP contribution in [0.3, 0.4) is 0 Å². The van der Waals surface area contributed by atoms with E-state index in [2.05, 4.69) is 0 Å². The lowest BCUT2D eigenvalue weighted by molar-refractivity contribution is -0.137. The van der Waals surface area contributed by atoms with Crippen LogP contribution in [0.25, 0.3) is 0 Å². The van der Waals surface area contributed by atoms with E-state index in [1.54, 1.807) is 0 Å². The number of hydrogen-bond acceptors (Lipinski definition) is 5. The van der Waals surface area contributed by atoms with Crippen molar-refractivity contribution in [3.8, 4) is 17.2 Å². The number of phenols is 1. The summed E-state index contributed by atoms with van der Waals surface area (Å²) in [6.45, 7) is 0.669. The van der Waals surface area contributed by atoms with Crippen molar-refractivity contribution < 1.29 is 24.5 Å². The summed E-state index contributed by atoms with van der Waals surface area (Å²) in [7, 11) is 0. The number of carbonyl (C=O) groups is 1. The van der Waals surface area contributed by atoms with Crippen LogP contribution >= 0.6 is 11.6 Å². The molecule has 0 radical (unpaired) electrons. The lowest BCUT2D eigenvalue weighted by atomic mass is 10.0. The van der Waals surface area contributed by atoms with E-state index in [9.17, 15) is 9.90 Å². The van der Waals surface area contributed by atoms with Crippen LogP contribution in [0.4, 0.5) is 0 Å². The average molecular weight is 274 g/mol. The summed E-state index contributed by atoms with van der Waals surface area (Å²) in [4.78, 5) is 10.7. The molecule has 7 heteroatoms. The number of rotatable bonds is 3. The Labute approximate surface area is 108 Å². The number of phenolic OH excluding ortho intramolecular Hbond substituents is 1. The molecule has 0 spiro atoms. The molecule has 2 rings (SSSR count). The largest absolute Gasteiger partial charge is 0.506 e. The van der Waals surface area contributed by atoms with Gasteiger partial charge in [-0.15, -0.1) is 0 Å². The Morgan fingerprint density at radius 2 is 2.17 bits per heavy atom. The number of nitrogens with two attached hydrogens (primary N) is 1. The van der Waals surface area contributed by atoms with E-state index in [4.69, 9.17) is 31.9 Å². The second-order valence-electron chi connectivity index (χ2n) is 3.85. The lowest BCUT2D eigenvalue weighted by Crippen LogP contribution is -2.21. The smallest absolute Gasteiger partial charge is 0.305 e. The zero-order chi connectivity index (χ0) is 13.3. The van der Waals surface area contributed by atoms with Gasteiger partial charge in [-0.25, -0.2) is 0 Å². The fourth-order valence-corrected chi connectivity index (χ4v) is 2.08. The molecule has 18 heavy (non-hydrogen) atoms. The summed E-state index contributed by atoms with van der Waals surface area (Å²) in [6, 6.07) is 0.450. The predicted octanol–water partition coefficient (Wildman–Crippen LogP) is 1.29. The number of carboxylic acids is 1. The maximum absolute atomic E-state index is 10.7. The van der Waals surface area contributed by atoms with Crippen molar-refractivity contribution in [1.82, 2.24) is 0 Å². The van der Waals surface area contributed by atoms with Crippen LogP contribution < -0.4 is 15.2 Å². The van der Waals surface area contributed by atoms with Gasteiger partial charge >= 0.3 is 5.97 Å². The van der Waals surface area contributed by atoms with Crippen molar-refractivity contribution in [3.63, 3.8) is 0 Å². The van der Waals surface area contributed by atoms with Crippen molar-refractivity contribution in [2.24, 2.45) is 5.73 Å². The maximum Gasteiger partial charge on any atom is 0.305 e. The van der Waals surface area contributed by atoms with E-state index < -0.39 is 12.0 Å². The second kappa shape index (κ2) is 4.91. The Bertz CT molecular complexity index is 491. The Hall–Kier alpha value is -1.66. The lowest BCUT2D eigenvalue weighted by Gasteiger charge is -2.24. The minimum atomic E-state index is -1.06. The van der Waals surface area contributed by atoms with Crippen molar-refractivity contribution in [2.75, 3.05) is 13.2 Å². The average Bonchev–Trinajstić information content (AvgIpc) is 2.29. The quantitative estimate of drug-likeness (QED) is 0.767. The molecule has 0 saturated carbocycles. The number of carboxylic acid groups (broad SMARTS) is 1. The van der Waals surface area contributed by atoms with Gasteiger partial charge in [0, 0.05) is 17.7 Å². The van der Waals surface area contributed by atoms with Crippen LogP contribution in [0.1, 0.15) is 18.0 Å². The molecule has 1 aliphatic rings. The predicted molar refractivity (Wildman–Crippen MR) is 63.3 cm³/mol. The molecule has 0 aromatic heterocycles. The molecular weight excluding hydrogens is 262 g/mol. The molecule has 1 aromatic carbocycles. The molecular formula is C11H12ClNO5. The zero-order valence-electron chi connectivity index (χ0n) is 9.35. The van der Waals surface area contributed by atoms with Gasteiger partial charge < -0.3 is 25.4 Å². The van der Waals surface area contributed by atoms with E-state index in [-0.39, 0.29) is 22.8 Å². The molecule has 1 aromatic rings. The number of ether oxygens (including phenoxy) is 2. The van der Waals surface area contributed by atoms with Gasteiger partial charge in [-0.2, -0.15) is 0 Å². The molecule has 0 amide bonds. The Morgan fingerprint density at radius 1 is 1.50 bits per heavy atom. The zero-order valence-corrected chi connectivity index (χ0v) is 10.1. The summed E-state index contributed by atoms with van der Waals surface area (Å²) in [6.07, 6.45) is -0.320. The maximum atomic E-state index is 10.7. The molecule has 0 fully saturated rings. The highest BCUT2D eigenvalue weighted by molar-refractivity contribution is 6.33. The summed E-state index contributed by atoms with van der Waals surface area (Å²) >= 11 is 5.95. The highest BCUT2D eigenvalue weighted by Crippen LogP contribution is 2.46. The third kappa shape index (κ3) is 2.30. The van der Waals surface area contributed by atoms with Crippen molar-refractivity contribution in [2.45, 2.75) is 12.5 Å². The fourth-order valence-electron chi connectivity index (χ4n) is 1.80. The van der Waals surface area contributed by atoms with Crippen molar-refractivity contribution in [1.29, 1.82) is 0 Å². The van der Waals surface area contributed by atoms with E-state index in [1.165, 1.54) is 6.07 Å². The number of hydrogen-bond donors (Lipinski definition) is 3. The van der Waals surface area contributed by atoms with Crippen LogP contribution in [0, 0.1) is 0 Å². The number of aromatic hydroxyl groups is 1. The number of halogens is 1. The number of benzene rings is 1. The minimum Gasteiger partial charge on any atom is -0.506 e. The van der Waals surface area contributed by atoms with E-state index >= 15 is 0 Å². The van der Waals surface area contributed by atoms with Gasteiger partial charge in [0.25, 0.3) is 0 Å². The van der Waals surface area contributed by atoms with Gasteiger partial charge in [0.05, 0.1) is 11.4 Å². The molecule has 1 unspecified atom stereocenters. The highest BCUT2D eigenvalue weighted by Gasteiger charge is 2.27. The molecule has 1 aliphatic heterocycles. The standard InChI is InChI=1S/C11H12ClNO5/c12-10-6(14)4-7-11(18-2-1-17-7)9(10)5(13)3-8(15)16/h4-5,14H,1-3,13H2,(H,15,16). The SMILES string of the molecule is NC(CC(=O)O)c1c(Cl)c(O)cc2c1OCCO2. The van der Waals surface area contributed by atoms with Crippen LogP contribution in [0.5, 0.6) is 17.2 Å². The molecule has 6 nitrogen and oxygen atoms in total. The highest BCUT2D eigenvalue weighted by atomic mass is 35.5. The van der Waals surface area contributed by atoms with E-state index in [0.717, 1.165) is 0 Å². The molecule has 0 aliphatic carbocycles. The topological polar surface area (TPSA) is 102 Å². The van der Waals surface area contributed by atoms with Crippen molar-refractivity contribution in [3.05, 3.63) is 16.7 Å². The monoisotopic (exact) mass is 273 g/mol. The third-order valence-electron chi connectivity index (χ3n) is 2.55. The fraction of sp³-hybridized carbons (Fsp3) is 0.364. The summed E-state index contributed by atoms with van der Waals surface area (Å²) in [5, 5.41) is 18.4. The first-order chi connectivity index (χ1) is 8.50. The first-order valence-corrected chi connectivity index (χ1v) is 5.67. The van der Waals surface area contributed by atoms with Gasteiger partial charge in [0.2, 0.25) is 0 Å². The molecule has 4 N–H and O–H groups in total. The molecule has 98 valence electrons. The van der Waals surface area contributed by atoms with E-state index in [0.29, 0.717) is 24.7 Å². The van der Waals surface area contributed by atoms with Crippen molar-refractivity contribution >= 4 is 17.6 Å². The molecule has 1 heterocycles. The van der Waals surface area contributed by atoms with Gasteiger partial charge in [-0.1, -0.05) is 11.6 Å². The number of fused-ring (bicyclic) bond motifs is 1. The molecule has 1 atom stereocenters. The van der Waals surface area contributed by atoms with Gasteiger partial charge in [-0.3, -0.25) is 4.79 Å². The van der Waals surface area contributed by atoms with Gasteiger partial charge in [0.1, 0.15) is 19.0 Å². The van der Waals surface area contributed by atoms with Crippen LogP contribution in [0.2, 0.25) is 5.02 Å². The Balaban J connectivity index is 2.49. The molecule has 0 bridgehead atoms. The first kappa shape index (κ1) is 12.8. The normalized spacial score (nSPS) is 15.2. The second-order valence-corrected chi connectivity index (χ2v) is 4.23. The van der Waals surface area contributed by atoms with Gasteiger partial charge in [-0.05, 0) is 0 Å². The summed E-state index contributed by atoms with van der Waals surface area (Å²) < 4.78 is 10.7. The van der Waals surface area contributed by atoms with Crippen LogP contribution in [-0.2, 0) is 4.79 Å². The minimum absolute atomic E-state index is 0.00648. The van der Waals surface area contributed by atoms with E-state index in [1.807, 2.05) is 0 Å². The first-order valence-electron chi connectivity index (χ1n) is 5.29. The van der Waals surface area contributed by atoms with Gasteiger partial charge in [0.15, 0.2) is 11.5 Å². The third-order valence-corrected chi connectivity index (χ3v) is 2.95. The number of aliphatic carboxylic acids is 1.